The zero-order valence-electron chi connectivity index (χ0n) is 13.9. The summed E-state index contributed by atoms with van der Waals surface area (Å²) in [6.45, 7) is 6.96. The Hall–Kier alpha value is -1.98. The number of hydrogen-bond donors (Lipinski definition) is 0. The van der Waals surface area contributed by atoms with Gasteiger partial charge in [0.25, 0.3) is 5.69 Å². The molecule has 0 saturated heterocycles. The fraction of sp³-hybridized carbons (Fsp3) is 0.333. The Balaban J connectivity index is 2.04. The first-order chi connectivity index (χ1) is 10.9. The van der Waals surface area contributed by atoms with Gasteiger partial charge >= 0.3 is 0 Å². The van der Waals surface area contributed by atoms with Crippen LogP contribution in [-0.4, -0.2) is 14.7 Å². The minimum Gasteiger partial charge on any atom is -0.414 e. The zero-order chi connectivity index (χ0) is 16.9. The lowest BCUT2D eigenvalue weighted by atomic mass is 9.88. The average molecular weight is 329 g/mol. The number of benzene rings is 2. The fourth-order valence-corrected chi connectivity index (χ4v) is 3.73. The lowest BCUT2D eigenvalue weighted by molar-refractivity contribution is -0.385. The minimum absolute atomic E-state index is 0.129. The van der Waals surface area contributed by atoms with Crippen molar-refractivity contribution in [1.82, 2.24) is 0 Å². The van der Waals surface area contributed by atoms with Gasteiger partial charge in [0.05, 0.1) is 17.1 Å². The van der Waals surface area contributed by atoms with Crippen LogP contribution in [0.4, 0.5) is 5.69 Å². The molecule has 0 heterocycles. The standard InChI is InChI=1S/C18H23NO3Si/c1-18(2,3)12-14-8-5-7-11-17(14)23-22-13-15-9-4-6-10-16(15)19(20)21/h4-11H,12-13,23H2,1-3H3. The van der Waals surface area contributed by atoms with Gasteiger partial charge in [-0.05, 0) is 28.7 Å². The lowest BCUT2D eigenvalue weighted by Gasteiger charge is -2.20. The maximum Gasteiger partial charge on any atom is 0.274 e. The third-order valence-corrected chi connectivity index (χ3v) is 4.95. The Kier molecular flexibility index (Phi) is 5.68. The van der Waals surface area contributed by atoms with Crippen LogP contribution in [0.3, 0.4) is 0 Å². The smallest absolute Gasteiger partial charge is 0.274 e. The van der Waals surface area contributed by atoms with Crippen molar-refractivity contribution in [3.63, 3.8) is 0 Å². The molecule has 0 spiro atoms. The molecule has 122 valence electrons. The summed E-state index contributed by atoms with van der Waals surface area (Å²) < 4.78 is 5.89. The molecule has 4 nitrogen and oxygen atoms in total. The van der Waals surface area contributed by atoms with Gasteiger partial charge in [-0.1, -0.05) is 57.2 Å². The zero-order valence-corrected chi connectivity index (χ0v) is 15.3. The SMILES string of the molecule is CC(C)(C)Cc1ccccc1[SiH2]OCc1ccccc1[N+](=O)[O-]. The van der Waals surface area contributed by atoms with Gasteiger partial charge in [-0.15, -0.1) is 0 Å². The van der Waals surface area contributed by atoms with Crippen molar-refractivity contribution in [1.29, 1.82) is 0 Å². The summed E-state index contributed by atoms with van der Waals surface area (Å²) in [7, 11) is -0.916. The quantitative estimate of drug-likeness (QED) is 0.465. The molecule has 0 atom stereocenters. The van der Waals surface area contributed by atoms with Gasteiger partial charge in [-0.25, -0.2) is 0 Å². The van der Waals surface area contributed by atoms with E-state index in [-0.39, 0.29) is 16.0 Å². The molecular weight excluding hydrogens is 306 g/mol. The molecule has 0 radical (unpaired) electrons. The predicted molar refractivity (Wildman–Crippen MR) is 95.7 cm³/mol. The Bertz CT molecular complexity index is 680. The largest absolute Gasteiger partial charge is 0.414 e. The van der Waals surface area contributed by atoms with Crippen molar-refractivity contribution in [3.05, 3.63) is 69.8 Å². The molecule has 0 bridgehead atoms. The molecule has 5 heteroatoms. The van der Waals surface area contributed by atoms with E-state index in [1.54, 1.807) is 18.2 Å². The van der Waals surface area contributed by atoms with Crippen LogP contribution >= 0.6 is 0 Å². The molecule has 23 heavy (non-hydrogen) atoms. The van der Waals surface area contributed by atoms with E-state index in [9.17, 15) is 10.1 Å². The average Bonchev–Trinajstić information content (AvgIpc) is 2.48. The summed E-state index contributed by atoms with van der Waals surface area (Å²) in [6, 6.07) is 15.1. The topological polar surface area (TPSA) is 52.4 Å². The normalized spacial score (nSPS) is 12.0. The molecule has 0 N–H and O–H groups in total. The van der Waals surface area contributed by atoms with Crippen molar-refractivity contribution in [3.8, 4) is 0 Å². The van der Waals surface area contributed by atoms with Gasteiger partial charge in [0, 0.05) is 6.07 Å². The van der Waals surface area contributed by atoms with Crippen molar-refractivity contribution < 1.29 is 9.35 Å². The fourth-order valence-electron chi connectivity index (χ4n) is 2.52. The van der Waals surface area contributed by atoms with Crippen LogP contribution < -0.4 is 5.19 Å². The number of hydrogen-bond acceptors (Lipinski definition) is 3. The highest BCUT2D eigenvalue weighted by Crippen LogP contribution is 2.20. The molecule has 0 fully saturated rings. The highest BCUT2D eigenvalue weighted by atomic mass is 28.2. The molecule has 2 rings (SSSR count). The van der Waals surface area contributed by atoms with E-state index in [1.165, 1.54) is 16.8 Å². The van der Waals surface area contributed by atoms with Gasteiger partial charge in [0.2, 0.25) is 0 Å². The van der Waals surface area contributed by atoms with E-state index in [4.69, 9.17) is 4.43 Å². The van der Waals surface area contributed by atoms with Crippen LogP contribution in [0.1, 0.15) is 31.9 Å². The molecule has 0 aliphatic rings. The molecule has 0 aliphatic heterocycles. The molecule has 2 aromatic rings. The first kappa shape index (κ1) is 17.4. The summed E-state index contributed by atoms with van der Waals surface area (Å²) in [4.78, 5) is 10.7. The summed E-state index contributed by atoms with van der Waals surface area (Å²) in [5, 5.41) is 12.3. The van der Waals surface area contributed by atoms with Crippen LogP contribution in [-0.2, 0) is 17.5 Å². The van der Waals surface area contributed by atoms with Gasteiger partial charge in [0.15, 0.2) is 9.76 Å². The van der Waals surface area contributed by atoms with Gasteiger partial charge in [-0.3, -0.25) is 10.1 Å². The molecule has 0 aliphatic carbocycles. The summed E-state index contributed by atoms with van der Waals surface area (Å²) in [6.07, 6.45) is 1.00. The Morgan fingerprint density at radius 3 is 2.30 bits per heavy atom. The maximum atomic E-state index is 11.0. The number of nitro groups is 1. The second-order valence-corrected chi connectivity index (χ2v) is 8.34. The summed E-state index contributed by atoms with van der Waals surface area (Å²) in [5.41, 5.74) is 2.32. The van der Waals surface area contributed by atoms with Crippen molar-refractivity contribution >= 4 is 20.6 Å². The number of nitrogens with zero attached hydrogens (tertiary/aromatic N) is 1. The van der Waals surface area contributed by atoms with Crippen LogP contribution in [0.15, 0.2) is 48.5 Å². The summed E-state index contributed by atoms with van der Waals surface area (Å²) in [5.74, 6) is 0. The van der Waals surface area contributed by atoms with Crippen molar-refractivity contribution in [2.24, 2.45) is 5.41 Å². The first-order valence-electron chi connectivity index (χ1n) is 7.74. The number of para-hydroxylation sites is 1. The maximum absolute atomic E-state index is 11.0. The second-order valence-electron chi connectivity index (χ2n) is 6.88. The molecule has 2 aromatic carbocycles. The molecular formula is C18H23NO3Si. The number of rotatable bonds is 6. The van der Waals surface area contributed by atoms with E-state index < -0.39 is 9.76 Å². The van der Waals surface area contributed by atoms with Gasteiger partial charge in [-0.2, -0.15) is 0 Å². The molecule has 0 saturated carbocycles. The van der Waals surface area contributed by atoms with E-state index >= 15 is 0 Å². The Morgan fingerprint density at radius 1 is 1.04 bits per heavy atom. The third kappa shape index (κ3) is 5.30. The second kappa shape index (κ2) is 7.52. The van der Waals surface area contributed by atoms with Crippen LogP contribution in [0.2, 0.25) is 0 Å². The summed E-state index contributed by atoms with van der Waals surface area (Å²) >= 11 is 0. The van der Waals surface area contributed by atoms with Crippen molar-refractivity contribution in [2.75, 3.05) is 0 Å². The van der Waals surface area contributed by atoms with Crippen LogP contribution in [0, 0.1) is 15.5 Å². The van der Waals surface area contributed by atoms with E-state index in [2.05, 4.69) is 39.0 Å². The molecule has 0 unspecified atom stereocenters. The Morgan fingerprint density at radius 2 is 1.65 bits per heavy atom. The van der Waals surface area contributed by atoms with Crippen LogP contribution in [0.25, 0.3) is 0 Å². The van der Waals surface area contributed by atoms with E-state index in [0.29, 0.717) is 12.2 Å². The third-order valence-electron chi connectivity index (χ3n) is 3.54. The molecule has 0 amide bonds. The minimum atomic E-state index is -0.916. The number of nitro benzene ring substituents is 1. The monoisotopic (exact) mass is 329 g/mol. The molecule has 0 aromatic heterocycles. The van der Waals surface area contributed by atoms with Crippen molar-refractivity contribution in [2.45, 2.75) is 33.8 Å². The Labute approximate surface area is 139 Å². The first-order valence-corrected chi connectivity index (χ1v) is 9.02. The van der Waals surface area contributed by atoms with Crippen LogP contribution in [0.5, 0.6) is 0 Å². The lowest BCUT2D eigenvalue weighted by Crippen LogP contribution is -2.25. The predicted octanol–water partition coefficient (Wildman–Crippen LogP) is 3.11. The van der Waals surface area contributed by atoms with E-state index in [0.717, 1.165) is 6.42 Å². The van der Waals surface area contributed by atoms with Gasteiger partial charge in [0.1, 0.15) is 0 Å². The van der Waals surface area contributed by atoms with E-state index in [1.807, 2.05) is 6.07 Å². The van der Waals surface area contributed by atoms with Gasteiger partial charge < -0.3 is 4.43 Å². The highest BCUT2D eigenvalue weighted by molar-refractivity contribution is 6.47. The highest BCUT2D eigenvalue weighted by Gasteiger charge is 2.15.